The molecule has 3 rings (SSSR count). The van der Waals surface area contributed by atoms with Gasteiger partial charge in [-0.1, -0.05) is 0 Å². The van der Waals surface area contributed by atoms with Crippen molar-refractivity contribution in [1.29, 1.82) is 0 Å². The predicted molar refractivity (Wildman–Crippen MR) is 73.3 cm³/mol. The van der Waals surface area contributed by atoms with Gasteiger partial charge in [-0.3, -0.25) is 5.43 Å². The second-order valence-corrected chi connectivity index (χ2v) is 5.09. The summed E-state index contributed by atoms with van der Waals surface area (Å²) in [6.07, 6.45) is 4.30. The van der Waals surface area contributed by atoms with E-state index in [1.165, 1.54) is 6.42 Å². The summed E-state index contributed by atoms with van der Waals surface area (Å²) in [6.45, 7) is 3.16. The van der Waals surface area contributed by atoms with Gasteiger partial charge in [0.05, 0.1) is 18.8 Å². The summed E-state index contributed by atoms with van der Waals surface area (Å²) in [5.74, 6) is 6.63. The highest BCUT2D eigenvalue weighted by atomic mass is 16.5. The van der Waals surface area contributed by atoms with E-state index in [0.29, 0.717) is 30.7 Å². The number of hydrazine groups is 1. The number of nitrogen functional groups attached to an aromatic ring is 1. The molecule has 4 N–H and O–H groups in total. The number of nitrogens with zero attached hydrogens (tertiary/aromatic N) is 3. The molecule has 3 atom stereocenters. The Morgan fingerprint density at radius 2 is 2.15 bits per heavy atom. The first-order valence-corrected chi connectivity index (χ1v) is 7.03. The van der Waals surface area contributed by atoms with E-state index in [4.69, 9.17) is 15.3 Å². The van der Waals surface area contributed by atoms with E-state index >= 15 is 0 Å². The van der Waals surface area contributed by atoms with Crippen molar-refractivity contribution in [2.45, 2.75) is 38.4 Å². The second-order valence-electron chi connectivity index (χ2n) is 5.09. The lowest BCUT2D eigenvalue weighted by Gasteiger charge is -2.19. The molecule has 0 aromatic carbocycles. The molecule has 3 unspecified atom stereocenters. The highest BCUT2D eigenvalue weighted by molar-refractivity contribution is 5.35. The van der Waals surface area contributed by atoms with Crippen LogP contribution >= 0.6 is 0 Å². The van der Waals surface area contributed by atoms with Gasteiger partial charge in [-0.15, -0.1) is 0 Å². The number of nitrogens with two attached hydrogens (primary N) is 1. The van der Waals surface area contributed by atoms with Gasteiger partial charge in [0, 0.05) is 12.5 Å². The number of nitrogens with one attached hydrogen (secondary N) is 2. The van der Waals surface area contributed by atoms with Crippen LogP contribution in [-0.4, -0.2) is 40.3 Å². The zero-order valence-electron chi connectivity index (χ0n) is 11.5. The standard InChI is InChI=1S/C12H20N6O2/c1-2-19-12-16-10(15-11(17-12)18-13)14-6-7-5-8-3-4-9(7)20-8/h7-9H,2-6,13H2,1H3,(H2,14,15,16,17,18). The van der Waals surface area contributed by atoms with E-state index < -0.39 is 0 Å². The van der Waals surface area contributed by atoms with Crippen molar-refractivity contribution in [3.8, 4) is 6.01 Å². The zero-order valence-corrected chi connectivity index (χ0v) is 11.5. The summed E-state index contributed by atoms with van der Waals surface area (Å²) >= 11 is 0. The maximum absolute atomic E-state index is 5.83. The van der Waals surface area contributed by atoms with Crippen LogP contribution < -0.4 is 21.3 Å². The van der Waals surface area contributed by atoms with Crippen molar-refractivity contribution in [3.05, 3.63) is 0 Å². The van der Waals surface area contributed by atoms with Gasteiger partial charge < -0.3 is 14.8 Å². The van der Waals surface area contributed by atoms with Crippen LogP contribution in [0.2, 0.25) is 0 Å². The van der Waals surface area contributed by atoms with Crippen LogP contribution in [0.1, 0.15) is 26.2 Å². The quantitative estimate of drug-likeness (QED) is 0.512. The van der Waals surface area contributed by atoms with Gasteiger partial charge in [-0.2, -0.15) is 15.0 Å². The summed E-state index contributed by atoms with van der Waals surface area (Å²) in [6, 6.07) is 0.266. The molecule has 3 heterocycles. The molecule has 0 spiro atoms. The van der Waals surface area contributed by atoms with Gasteiger partial charge in [-0.05, 0) is 26.2 Å². The lowest BCUT2D eigenvalue weighted by molar-refractivity contribution is 0.0941. The zero-order chi connectivity index (χ0) is 13.9. The Labute approximate surface area is 117 Å². The van der Waals surface area contributed by atoms with Gasteiger partial charge >= 0.3 is 6.01 Å². The van der Waals surface area contributed by atoms with Crippen LogP contribution in [0.15, 0.2) is 0 Å². The van der Waals surface area contributed by atoms with Crippen molar-refractivity contribution in [3.63, 3.8) is 0 Å². The first kappa shape index (κ1) is 13.3. The molecule has 1 aromatic rings. The van der Waals surface area contributed by atoms with Gasteiger partial charge in [0.25, 0.3) is 0 Å². The third kappa shape index (κ3) is 2.75. The van der Waals surface area contributed by atoms with E-state index in [-0.39, 0.29) is 12.0 Å². The Morgan fingerprint density at radius 1 is 1.30 bits per heavy atom. The number of ether oxygens (including phenoxy) is 2. The lowest BCUT2D eigenvalue weighted by atomic mass is 9.89. The van der Waals surface area contributed by atoms with Crippen molar-refractivity contribution < 1.29 is 9.47 Å². The molecule has 2 bridgehead atoms. The molecule has 0 radical (unpaired) electrons. The third-order valence-corrected chi connectivity index (χ3v) is 3.77. The van der Waals surface area contributed by atoms with E-state index in [1.54, 1.807) is 0 Å². The third-order valence-electron chi connectivity index (χ3n) is 3.77. The van der Waals surface area contributed by atoms with Crippen molar-refractivity contribution >= 4 is 11.9 Å². The number of fused-ring (bicyclic) bond motifs is 2. The molecule has 8 nitrogen and oxygen atoms in total. The molecule has 110 valence electrons. The molecule has 2 aliphatic heterocycles. The average Bonchev–Trinajstić information content (AvgIpc) is 3.07. The fourth-order valence-corrected chi connectivity index (χ4v) is 2.87. The van der Waals surface area contributed by atoms with Crippen molar-refractivity contribution in [1.82, 2.24) is 15.0 Å². The minimum Gasteiger partial charge on any atom is -0.464 e. The van der Waals surface area contributed by atoms with Gasteiger partial charge in [0.1, 0.15) is 0 Å². The van der Waals surface area contributed by atoms with E-state index in [1.807, 2.05) is 6.92 Å². The lowest BCUT2D eigenvalue weighted by Crippen LogP contribution is -2.25. The molecule has 20 heavy (non-hydrogen) atoms. The maximum atomic E-state index is 5.83. The number of anilines is 2. The number of hydrogen-bond donors (Lipinski definition) is 3. The Hall–Kier alpha value is -1.67. The first-order valence-electron chi connectivity index (χ1n) is 7.03. The average molecular weight is 280 g/mol. The van der Waals surface area contributed by atoms with E-state index in [0.717, 1.165) is 19.4 Å². The van der Waals surface area contributed by atoms with Crippen LogP contribution in [0.25, 0.3) is 0 Å². The maximum Gasteiger partial charge on any atom is 0.323 e. The molecule has 1 aromatic heterocycles. The predicted octanol–water partition coefficient (Wildman–Crippen LogP) is 0.535. The number of aromatic nitrogens is 3. The van der Waals surface area contributed by atoms with Crippen LogP contribution in [0.3, 0.4) is 0 Å². The molecule has 2 saturated heterocycles. The molecule has 8 heteroatoms. The molecule has 0 amide bonds. The number of rotatable bonds is 6. The smallest absolute Gasteiger partial charge is 0.323 e. The van der Waals surface area contributed by atoms with Gasteiger partial charge in [-0.25, -0.2) is 5.84 Å². The molecule has 0 aliphatic carbocycles. The molecule has 0 saturated carbocycles. The Balaban J connectivity index is 1.62. The number of hydrogen-bond acceptors (Lipinski definition) is 8. The van der Waals surface area contributed by atoms with Crippen LogP contribution in [0.4, 0.5) is 11.9 Å². The Bertz CT molecular complexity index is 471. The fourth-order valence-electron chi connectivity index (χ4n) is 2.87. The van der Waals surface area contributed by atoms with Gasteiger partial charge in [0.2, 0.25) is 11.9 Å². The minimum atomic E-state index is 0.266. The monoisotopic (exact) mass is 280 g/mol. The SMILES string of the molecule is CCOc1nc(NN)nc(NCC2CC3CCC2O3)n1. The summed E-state index contributed by atoms with van der Waals surface area (Å²) in [5, 5.41) is 3.23. The van der Waals surface area contributed by atoms with Crippen LogP contribution in [0, 0.1) is 5.92 Å². The van der Waals surface area contributed by atoms with Crippen LogP contribution in [-0.2, 0) is 4.74 Å². The van der Waals surface area contributed by atoms with Crippen LogP contribution in [0.5, 0.6) is 6.01 Å². The molecule has 2 aliphatic rings. The topological polar surface area (TPSA) is 107 Å². The second kappa shape index (κ2) is 5.76. The van der Waals surface area contributed by atoms with Crippen molar-refractivity contribution in [2.75, 3.05) is 23.9 Å². The summed E-state index contributed by atoms with van der Waals surface area (Å²) in [5.41, 5.74) is 2.41. The van der Waals surface area contributed by atoms with Gasteiger partial charge in [0.15, 0.2) is 0 Å². The molecular weight excluding hydrogens is 260 g/mol. The summed E-state index contributed by atoms with van der Waals surface area (Å²) in [4.78, 5) is 12.4. The van der Waals surface area contributed by atoms with Crippen molar-refractivity contribution in [2.24, 2.45) is 11.8 Å². The first-order chi connectivity index (χ1) is 9.78. The molecular formula is C12H20N6O2. The highest BCUT2D eigenvalue weighted by Crippen LogP contribution is 2.38. The minimum absolute atomic E-state index is 0.266. The summed E-state index contributed by atoms with van der Waals surface area (Å²) in [7, 11) is 0. The Kier molecular flexibility index (Phi) is 3.83. The largest absolute Gasteiger partial charge is 0.464 e. The highest BCUT2D eigenvalue weighted by Gasteiger charge is 2.40. The van der Waals surface area contributed by atoms with E-state index in [2.05, 4.69) is 25.7 Å². The molecule has 2 fully saturated rings. The summed E-state index contributed by atoms with van der Waals surface area (Å²) < 4.78 is 11.1. The normalized spacial score (nSPS) is 27.6. The Morgan fingerprint density at radius 3 is 2.80 bits per heavy atom. The fraction of sp³-hybridized carbons (Fsp3) is 0.750. The van der Waals surface area contributed by atoms with E-state index in [9.17, 15) is 0 Å².